The monoisotopic (exact) mass is 278 g/mol. The van der Waals surface area contributed by atoms with Crippen LogP contribution in [-0.2, 0) is 4.74 Å². The Kier molecular flexibility index (Phi) is 3.49. The molecule has 1 aliphatic rings. The van der Waals surface area contributed by atoms with E-state index in [9.17, 15) is 14.4 Å². The van der Waals surface area contributed by atoms with Gasteiger partial charge in [-0.2, -0.15) is 5.10 Å². The summed E-state index contributed by atoms with van der Waals surface area (Å²) in [7, 11) is -1.69. The van der Waals surface area contributed by atoms with Crippen LogP contribution in [0.5, 0.6) is 0 Å². The lowest BCUT2D eigenvalue weighted by atomic mass is 9.83. The van der Waals surface area contributed by atoms with Gasteiger partial charge in [0.15, 0.2) is 6.23 Å². The molecule has 2 N–H and O–H groups in total. The highest BCUT2D eigenvalue weighted by Gasteiger charge is 2.26. The van der Waals surface area contributed by atoms with Crippen molar-refractivity contribution in [2.75, 3.05) is 6.61 Å². The number of halogens is 1. The van der Waals surface area contributed by atoms with E-state index in [4.69, 9.17) is 4.74 Å². The second-order valence-corrected chi connectivity index (χ2v) is 5.14. The topological polar surface area (TPSA) is 67.5 Å². The number of benzene rings is 1. The molecule has 1 aromatic heterocycles. The molecule has 20 heavy (non-hydrogen) atoms. The van der Waals surface area contributed by atoms with Crippen molar-refractivity contribution < 1.29 is 19.2 Å². The lowest BCUT2D eigenvalue weighted by Crippen LogP contribution is -2.33. The normalized spacial score (nSPS) is 19.5. The molecule has 7 heteroatoms. The van der Waals surface area contributed by atoms with Gasteiger partial charge in [0.1, 0.15) is 11.4 Å². The molecular weight excluding hydrogens is 262 g/mol. The van der Waals surface area contributed by atoms with Gasteiger partial charge in [0.25, 0.3) is 0 Å². The van der Waals surface area contributed by atoms with Crippen LogP contribution < -0.4 is 5.59 Å². The van der Waals surface area contributed by atoms with Gasteiger partial charge >= 0.3 is 7.12 Å². The Morgan fingerprint density at radius 1 is 1.40 bits per heavy atom. The molecule has 1 atom stereocenters. The van der Waals surface area contributed by atoms with Gasteiger partial charge in [0.05, 0.1) is 5.52 Å². The van der Waals surface area contributed by atoms with E-state index in [0.29, 0.717) is 23.1 Å². The van der Waals surface area contributed by atoms with Crippen LogP contribution in [0.3, 0.4) is 0 Å². The Bertz CT molecular complexity index is 638. The average molecular weight is 278 g/mol. The molecule has 1 fully saturated rings. The molecule has 1 aromatic carbocycles. The summed E-state index contributed by atoms with van der Waals surface area (Å²) in [5.74, 6) is -0.339. The van der Waals surface area contributed by atoms with Crippen LogP contribution in [0, 0.1) is 12.7 Å². The van der Waals surface area contributed by atoms with E-state index in [1.807, 2.05) is 0 Å². The minimum atomic E-state index is -1.69. The van der Waals surface area contributed by atoms with E-state index in [2.05, 4.69) is 5.10 Å². The fraction of sp³-hybridized carbons (Fsp3) is 0.462. The van der Waals surface area contributed by atoms with Crippen molar-refractivity contribution in [1.29, 1.82) is 0 Å². The quantitative estimate of drug-likeness (QED) is 0.800. The van der Waals surface area contributed by atoms with Crippen LogP contribution in [0.15, 0.2) is 12.1 Å². The van der Waals surface area contributed by atoms with E-state index >= 15 is 0 Å². The molecule has 106 valence electrons. The Balaban J connectivity index is 2.18. The number of aromatic nitrogens is 2. The summed E-state index contributed by atoms with van der Waals surface area (Å²) in [5, 5.41) is 23.6. The first-order chi connectivity index (χ1) is 9.58. The van der Waals surface area contributed by atoms with E-state index < -0.39 is 7.12 Å². The van der Waals surface area contributed by atoms with Crippen molar-refractivity contribution in [3.63, 3.8) is 0 Å². The van der Waals surface area contributed by atoms with Gasteiger partial charge in [0.2, 0.25) is 0 Å². The van der Waals surface area contributed by atoms with Gasteiger partial charge in [-0.25, -0.2) is 9.07 Å². The molecule has 2 aromatic rings. The molecule has 0 bridgehead atoms. The zero-order valence-corrected chi connectivity index (χ0v) is 11.2. The van der Waals surface area contributed by atoms with Crippen molar-refractivity contribution in [2.45, 2.75) is 32.4 Å². The number of nitrogens with zero attached hydrogens (tertiary/aromatic N) is 2. The molecule has 3 rings (SSSR count). The average Bonchev–Trinajstić information content (AvgIpc) is 2.79. The first kappa shape index (κ1) is 13.5. The molecule has 0 radical (unpaired) electrons. The second kappa shape index (κ2) is 5.16. The number of hydrogen-bond donors (Lipinski definition) is 2. The summed E-state index contributed by atoms with van der Waals surface area (Å²) < 4.78 is 21.0. The summed E-state index contributed by atoms with van der Waals surface area (Å²) in [6.07, 6.45) is 2.52. The van der Waals surface area contributed by atoms with E-state index in [1.54, 1.807) is 17.7 Å². The largest absolute Gasteiger partial charge is 0.510 e. The number of aryl methyl sites for hydroxylation is 1. The van der Waals surface area contributed by atoms with Crippen molar-refractivity contribution in [1.82, 2.24) is 9.78 Å². The smallest absolute Gasteiger partial charge is 0.422 e. The Hall–Kier alpha value is -1.44. The maximum atomic E-state index is 13.8. The second-order valence-electron chi connectivity index (χ2n) is 5.14. The zero-order chi connectivity index (χ0) is 14.3. The number of rotatable bonds is 2. The van der Waals surface area contributed by atoms with Crippen molar-refractivity contribution in [2.24, 2.45) is 0 Å². The Morgan fingerprint density at radius 3 is 2.85 bits per heavy atom. The highest BCUT2D eigenvalue weighted by molar-refractivity contribution is 6.60. The van der Waals surface area contributed by atoms with Crippen molar-refractivity contribution in [3.05, 3.63) is 23.5 Å². The molecule has 0 aliphatic carbocycles. The third-order valence-corrected chi connectivity index (χ3v) is 3.69. The molecule has 5 nitrogen and oxygen atoms in total. The van der Waals surface area contributed by atoms with Gasteiger partial charge in [-0.3, -0.25) is 0 Å². The van der Waals surface area contributed by atoms with Crippen LogP contribution in [-0.4, -0.2) is 33.6 Å². The summed E-state index contributed by atoms with van der Waals surface area (Å²) >= 11 is 0. The van der Waals surface area contributed by atoms with Gasteiger partial charge in [-0.1, -0.05) is 0 Å². The minimum absolute atomic E-state index is 0.136. The third kappa shape index (κ3) is 2.22. The van der Waals surface area contributed by atoms with Gasteiger partial charge in [-0.15, -0.1) is 0 Å². The number of hydrogen-bond acceptors (Lipinski definition) is 4. The van der Waals surface area contributed by atoms with Crippen LogP contribution in [0.2, 0.25) is 0 Å². The molecule has 1 unspecified atom stereocenters. The number of fused-ring (bicyclic) bond motifs is 1. The Morgan fingerprint density at radius 2 is 2.20 bits per heavy atom. The van der Waals surface area contributed by atoms with Gasteiger partial charge < -0.3 is 14.8 Å². The molecule has 0 spiro atoms. The zero-order valence-electron chi connectivity index (χ0n) is 11.2. The lowest BCUT2D eigenvalue weighted by Gasteiger charge is -2.23. The first-order valence-electron chi connectivity index (χ1n) is 6.74. The van der Waals surface area contributed by atoms with Crippen LogP contribution in [0.1, 0.15) is 31.1 Å². The SMILES string of the molecule is Cc1cc2c(B(O)O)nn(C3CCCCO3)c2cc1F. The summed E-state index contributed by atoms with van der Waals surface area (Å²) in [6, 6.07) is 2.97. The fourth-order valence-electron chi connectivity index (χ4n) is 2.62. The van der Waals surface area contributed by atoms with Gasteiger partial charge in [-0.05, 0) is 37.8 Å². The summed E-state index contributed by atoms with van der Waals surface area (Å²) in [5.41, 5.74) is 1.11. The lowest BCUT2D eigenvalue weighted by molar-refractivity contribution is -0.0364. The maximum Gasteiger partial charge on any atom is 0.510 e. The third-order valence-electron chi connectivity index (χ3n) is 3.69. The molecule has 0 amide bonds. The maximum absolute atomic E-state index is 13.8. The van der Waals surface area contributed by atoms with Crippen molar-refractivity contribution in [3.8, 4) is 0 Å². The van der Waals surface area contributed by atoms with Gasteiger partial charge in [0, 0.05) is 18.1 Å². The van der Waals surface area contributed by atoms with Crippen molar-refractivity contribution >= 4 is 23.6 Å². The molecule has 0 saturated carbocycles. The van der Waals surface area contributed by atoms with E-state index in [0.717, 1.165) is 19.3 Å². The molecular formula is C13H16BFN2O3. The summed E-state index contributed by atoms with van der Waals surface area (Å²) in [4.78, 5) is 0. The van der Waals surface area contributed by atoms with E-state index in [1.165, 1.54) is 6.07 Å². The van der Waals surface area contributed by atoms with E-state index in [-0.39, 0.29) is 17.6 Å². The predicted octanol–water partition coefficient (Wildman–Crippen LogP) is 0.863. The van der Waals surface area contributed by atoms with Crippen LogP contribution >= 0.6 is 0 Å². The highest BCUT2D eigenvalue weighted by Crippen LogP contribution is 2.26. The molecule has 2 heterocycles. The highest BCUT2D eigenvalue weighted by atomic mass is 19.1. The summed E-state index contributed by atoms with van der Waals surface area (Å²) in [6.45, 7) is 2.27. The van der Waals surface area contributed by atoms with Crippen LogP contribution in [0.25, 0.3) is 10.9 Å². The fourth-order valence-corrected chi connectivity index (χ4v) is 2.62. The minimum Gasteiger partial charge on any atom is -0.422 e. The molecule has 1 saturated heterocycles. The first-order valence-corrected chi connectivity index (χ1v) is 6.74. The Labute approximate surface area is 116 Å². The number of ether oxygens (including phenoxy) is 1. The predicted molar refractivity (Wildman–Crippen MR) is 73.1 cm³/mol. The standard InChI is InChI=1S/C13H16BFN2O3/c1-8-6-9-11(7-10(8)15)17(16-13(9)14(18)19)12-4-2-3-5-20-12/h6-7,12,18-19H,2-5H2,1H3. The molecule has 1 aliphatic heterocycles. The van der Waals surface area contributed by atoms with Crippen LogP contribution in [0.4, 0.5) is 4.39 Å².